The first-order valence-electron chi connectivity index (χ1n) is 5.50. The Bertz CT molecular complexity index is 729. The average molecular weight is 311 g/mol. The van der Waals surface area contributed by atoms with E-state index in [-0.39, 0.29) is 0 Å². The first kappa shape index (κ1) is 12.7. The predicted octanol–water partition coefficient (Wildman–Crippen LogP) is 4.58. The number of ether oxygens (including phenoxy) is 1. The highest BCUT2D eigenvalue weighted by molar-refractivity contribution is 7.19. The molecule has 0 amide bonds. The fraction of sp³-hybridized carbons (Fsp3) is 0.0769. The second-order valence-electron chi connectivity index (χ2n) is 3.90. The monoisotopic (exact) mass is 310 g/mol. The van der Waals surface area contributed by atoms with Crippen LogP contribution in [0.2, 0.25) is 10.2 Å². The van der Waals surface area contributed by atoms with Crippen molar-refractivity contribution in [2.24, 2.45) is 0 Å². The van der Waals surface area contributed by atoms with E-state index in [0.717, 1.165) is 15.3 Å². The van der Waals surface area contributed by atoms with Gasteiger partial charge < -0.3 is 4.74 Å². The SMILES string of the molecule is Clc1ccc2sc(COc3cnnc(Cl)c3)cc2c1. The van der Waals surface area contributed by atoms with Crippen LogP contribution in [0.15, 0.2) is 36.5 Å². The molecule has 1 aromatic carbocycles. The minimum atomic E-state index is 0.320. The molecule has 6 heteroatoms. The highest BCUT2D eigenvalue weighted by atomic mass is 35.5. The summed E-state index contributed by atoms with van der Waals surface area (Å²) in [5.41, 5.74) is 0. The standard InChI is InChI=1S/C13H8Cl2N2OS/c14-9-1-2-12-8(3-9)4-11(19-12)7-18-10-5-13(15)17-16-6-10/h1-6H,7H2. The van der Waals surface area contributed by atoms with Crippen LogP contribution in [-0.4, -0.2) is 10.2 Å². The van der Waals surface area contributed by atoms with E-state index in [0.29, 0.717) is 17.5 Å². The van der Waals surface area contributed by atoms with Crippen molar-refractivity contribution in [1.29, 1.82) is 0 Å². The quantitative estimate of drug-likeness (QED) is 0.710. The summed E-state index contributed by atoms with van der Waals surface area (Å²) in [6.45, 7) is 0.471. The summed E-state index contributed by atoms with van der Waals surface area (Å²) in [7, 11) is 0. The van der Waals surface area contributed by atoms with E-state index in [2.05, 4.69) is 16.3 Å². The van der Waals surface area contributed by atoms with E-state index < -0.39 is 0 Å². The lowest BCUT2D eigenvalue weighted by Gasteiger charge is -2.02. The predicted molar refractivity (Wildman–Crippen MR) is 78.2 cm³/mol. The molecule has 0 unspecified atom stereocenters. The van der Waals surface area contributed by atoms with Crippen molar-refractivity contribution in [3.05, 3.63) is 51.6 Å². The molecule has 3 aromatic rings. The molecule has 2 heterocycles. The second-order valence-corrected chi connectivity index (χ2v) is 5.89. The summed E-state index contributed by atoms with van der Waals surface area (Å²) in [6.07, 6.45) is 1.54. The molecule has 0 aliphatic heterocycles. The summed E-state index contributed by atoms with van der Waals surface area (Å²) in [6, 6.07) is 9.55. The molecule has 0 fully saturated rings. The molecule has 0 atom stereocenters. The third-order valence-corrected chi connectivity index (χ3v) is 4.02. The Morgan fingerprint density at radius 1 is 1.16 bits per heavy atom. The molecule has 0 spiro atoms. The maximum absolute atomic E-state index is 5.96. The Labute approximate surface area is 123 Å². The molecule has 0 radical (unpaired) electrons. The molecule has 0 aliphatic carbocycles. The first-order chi connectivity index (χ1) is 9.20. The van der Waals surface area contributed by atoms with Crippen molar-refractivity contribution >= 4 is 44.6 Å². The van der Waals surface area contributed by atoms with Crippen LogP contribution in [0.25, 0.3) is 10.1 Å². The van der Waals surface area contributed by atoms with Crippen molar-refractivity contribution in [3.63, 3.8) is 0 Å². The van der Waals surface area contributed by atoms with Crippen molar-refractivity contribution in [2.45, 2.75) is 6.61 Å². The summed E-state index contributed by atoms with van der Waals surface area (Å²) in [5, 5.41) is 9.58. The van der Waals surface area contributed by atoms with Crippen molar-refractivity contribution in [1.82, 2.24) is 10.2 Å². The summed E-state index contributed by atoms with van der Waals surface area (Å²) in [4.78, 5) is 1.12. The van der Waals surface area contributed by atoms with Gasteiger partial charge in [-0.15, -0.1) is 16.4 Å². The largest absolute Gasteiger partial charge is 0.486 e. The minimum Gasteiger partial charge on any atom is -0.486 e. The van der Waals surface area contributed by atoms with Gasteiger partial charge in [-0.05, 0) is 29.7 Å². The maximum Gasteiger partial charge on any atom is 0.155 e. The van der Waals surface area contributed by atoms with E-state index in [9.17, 15) is 0 Å². The third kappa shape index (κ3) is 2.97. The lowest BCUT2D eigenvalue weighted by molar-refractivity contribution is 0.308. The summed E-state index contributed by atoms with van der Waals surface area (Å²) in [5.74, 6) is 0.607. The molecule has 3 rings (SSSR count). The molecule has 0 N–H and O–H groups in total. The van der Waals surface area contributed by atoms with Gasteiger partial charge in [0.1, 0.15) is 12.4 Å². The van der Waals surface area contributed by atoms with Crippen LogP contribution in [0, 0.1) is 0 Å². The highest BCUT2D eigenvalue weighted by Crippen LogP contribution is 2.28. The normalized spacial score (nSPS) is 10.8. The molecule has 0 saturated heterocycles. The third-order valence-electron chi connectivity index (χ3n) is 2.51. The Kier molecular flexibility index (Phi) is 3.55. The topological polar surface area (TPSA) is 35.0 Å². The maximum atomic E-state index is 5.96. The van der Waals surface area contributed by atoms with Gasteiger partial charge in [0.25, 0.3) is 0 Å². The van der Waals surface area contributed by atoms with Crippen molar-refractivity contribution in [3.8, 4) is 5.75 Å². The number of rotatable bonds is 3. The molecule has 2 aromatic heterocycles. The molecule has 96 valence electrons. The van der Waals surface area contributed by atoms with E-state index >= 15 is 0 Å². The van der Waals surface area contributed by atoms with Gasteiger partial charge in [0.15, 0.2) is 5.15 Å². The van der Waals surface area contributed by atoms with Crippen LogP contribution >= 0.6 is 34.5 Å². The van der Waals surface area contributed by atoms with E-state index in [1.807, 2.05) is 18.2 Å². The summed E-state index contributed by atoms with van der Waals surface area (Å²) >= 11 is 13.4. The van der Waals surface area contributed by atoms with Crippen molar-refractivity contribution < 1.29 is 4.74 Å². The van der Waals surface area contributed by atoms with Gasteiger partial charge in [-0.1, -0.05) is 23.2 Å². The van der Waals surface area contributed by atoms with Crippen LogP contribution < -0.4 is 4.74 Å². The zero-order valence-electron chi connectivity index (χ0n) is 9.64. The smallest absolute Gasteiger partial charge is 0.155 e. The number of fused-ring (bicyclic) bond motifs is 1. The Balaban J connectivity index is 1.78. The Hall–Kier alpha value is -1.36. The summed E-state index contributed by atoms with van der Waals surface area (Å²) < 4.78 is 6.81. The number of benzene rings is 1. The van der Waals surface area contributed by atoms with Crippen molar-refractivity contribution in [2.75, 3.05) is 0 Å². The van der Waals surface area contributed by atoms with Gasteiger partial charge in [-0.3, -0.25) is 0 Å². The highest BCUT2D eigenvalue weighted by Gasteiger charge is 2.04. The van der Waals surface area contributed by atoms with Gasteiger partial charge in [0.05, 0.1) is 6.20 Å². The van der Waals surface area contributed by atoms with Gasteiger partial charge in [-0.25, -0.2) is 0 Å². The van der Waals surface area contributed by atoms with Gasteiger partial charge >= 0.3 is 0 Å². The number of thiophene rings is 1. The molecule has 0 saturated carbocycles. The second kappa shape index (κ2) is 5.33. The van der Waals surface area contributed by atoms with Crippen LogP contribution in [0.1, 0.15) is 4.88 Å². The lowest BCUT2D eigenvalue weighted by Crippen LogP contribution is -1.94. The van der Waals surface area contributed by atoms with E-state index in [1.165, 1.54) is 10.9 Å². The fourth-order valence-electron chi connectivity index (χ4n) is 1.70. The number of hydrogen-bond acceptors (Lipinski definition) is 4. The van der Waals surface area contributed by atoms with Crippen LogP contribution in [0.3, 0.4) is 0 Å². The Morgan fingerprint density at radius 2 is 2.05 bits per heavy atom. The van der Waals surface area contributed by atoms with Gasteiger partial charge in [0.2, 0.25) is 0 Å². The molecule has 3 nitrogen and oxygen atoms in total. The number of hydrogen-bond donors (Lipinski definition) is 0. The first-order valence-corrected chi connectivity index (χ1v) is 7.07. The van der Waals surface area contributed by atoms with Gasteiger partial charge in [0, 0.05) is 20.7 Å². The lowest BCUT2D eigenvalue weighted by atomic mass is 10.2. The average Bonchev–Trinajstić information content (AvgIpc) is 2.78. The molecule has 19 heavy (non-hydrogen) atoms. The van der Waals surface area contributed by atoms with E-state index in [1.54, 1.807) is 17.4 Å². The number of aromatic nitrogens is 2. The fourth-order valence-corrected chi connectivity index (χ4v) is 2.99. The Morgan fingerprint density at radius 3 is 2.89 bits per heavy atom. The minimum absolute atomic E-state index is 0.320. The zero-order valence-corrected chi connectivity index (χ0v) is 12.0. The number of nitrogens with zero attached hydrogens (tertiary/aromatic N) is 2. The van der Waals surface area contributed by atoms with Crippen LogP contribution in [0.5, 0.6) is 5.75 Å². The van der Waals surface area contributed by atoms with Crippen LogP contribution in [0.4, 0.5) is 0 Å². The molecular formula is C13H8Cl2N2OS. The van der Waals surface area contributed by atoms with E-state index in [4.69, 9.17) is 27.9 Å². The molecule has 0 bridgehead atoms. The van der Waals surface area contributed by atoms with Crippen LogP contribution in [-0.2, 0) is 6.61 Å². The number of halogens is 2. The van der Waals surface area contributed by atoms with Gasteiger partial charge in [-0.2, -0.15) is 5.10 Å². The molecular weight excluding hydrogens is 303 g/mol. The zero-order chi connectivity index (χ0) is 13.2. The molecule has 0 aliphatic rings.